The maximum absolute atomic E-state index is 12.3. The molecule has 1 atom stereocenters. The zero-order valence-corrected chi connectivity index (χ0v) is 12.1. The van der Waals surface area contributed by atoms with E-state index in [1.165, 1.54) is 0 Å². The van der Waals surface area contributed by atoms with Crippen molar-refractivity contribution in [2.24, 2.45) is 11.8 Å². The van der Waals surface area contributed by atoms with E-state index in [1.807, 2.05) is 20.8 Å². The summed E-state index contributed by atoms with van der Waals surface area (Å²) in [5, 5.41) is 0. The van der Waals surface area contributed by atoms with Crippen LogP contribution in [0.2, 0.25) is 0 Å². The van der Waals surface area contributed by atoms with Crippen LogP contribution >= 0.6 is 15.9 Å². The molecular weight excluding hydrogens is 296 g/mol. The monoisotopic (exact) mass is 310 g/mol. The molecule has 0 spiro atoms. The molecule has 18 heavy (non-hydrogen) atoms. The van der Waals surface area contributed by atoms with Gasteiger partial charge in [-0.25, -0.2) is 4.79 Å². The molecule has 0 aliphatic heterocycles. The Morgan fingerprint density at radius 2 is 1.72 bits per heavy atom. The first-order valence-electron chi connectivity index (χ1n) is 5.86. The second-order valence-electron chi connectivity index (χ2n) is 4.85. The second kappa shape index (κ2) is 4.72. The molecule has 1 aromatic heterocycles. The van der Waals surface area contributed by atoms with Gasteiger partial charge in [0.25, 0.3) is 0 Å². The first kappa shape index (κ1) is 13.1. The van der Waals surface area contributed by atoms with Crippen LogP contribution in [0.3, 0.4) is 0 Å². The molecule has 5 heteroatoms. The second-order valence-corrected chi connectivity index (χ2v) is 5.71. The third-order valence-electron chi connectivity index (χ3n) is 3.28. The van der Waals surface area contributed by atoms with Crippen molar-refractivity contribution >= 4 is 32.7 Å². The number of hydrogen-bond acceptors (Lipinski definition) is 2. The lowest BCUT2D eigenvalue weighted by Crippen LogP contribution is -2.17. The molecular formula is C13H15BrN2O2. The van der Waals surface area contributed by atoms with Crippen molar-refractivity contribution in [3.63, 3.8) is 0 Å². The molecule has 4 nitrogen and oxygen atoms in total. The summed E-state index contributed by atoms with van der Waals surface area (Å²) < 4.78 is 0.711. The van der Waals surface area contributed by atoms with Crippen LogP contribution in [0.1, 0.15) is 31.1 Å². The maximum Gasteiger partial charge on any atom is 0.323 e. The van der Waals surface area contributed by atoms with Gasteiger partial charge in [0.15, 0.2) is 5.78 Å². The number of aromatic amines is 2. The Morgan fingerprint density at radius 1 is 1.17 bits per heavy atom. The first-order valence-corrected chi connectivity index (χ1v) is 6.65. The van der Waals surface area contributed by atoms with Gasteiger partial charge < -0.3 is 9.97 Å². The fourth-order valence-corrected chi connectivity index (χ4v) is 2.33. The lowest BCUT2D eigenvalue weighted by molar-refractivity contribution is 0.0899. The van der Waals surface area contributed by atoms with Gasteiger partial charge in [0.1, 0.15) is 0 Å². The van der Waals surface area contributed by atoms with Gasteiger partial charge in [-0.3, -0.25) is 4.79 Å². The standard InChI is InChI=1S/C13H15BrN2O2/c1-6(2)7(3)12(17)8-4-10-11(5-9(8)14)16-13(18)15-10/h4-7H,1-3H3,(H2,15,16,18). The molecule has 0 aliphatic rings. The van der Waals surface area contributed by atoms with E-state index in [1.54, 1.807) is 12.1 Å². The minimum Gasteiger partial charge on any atom is -0.306 e. The lowest BCUT2D eigenvalue weighted by atomic mass is 9.89. The van der Waals surface area contributed by atoms with Crippen molar-refractivity contribution in [2.75, 3.05) is 0 Å². The highest BCUT2D eigenvalue weighted by atomic mass is 79.9. The van der Waals surface area contributed by atoms with Gasteiger partial charge in [-0.1, -0.05) is 20.8 Å². The predicted octanol–water partition coefficient (Wildman–Crippen LogP) is 3.09. The summed E-state index contributed by atoms with van der Waals surface area (Å²) >= 11 is 3.39. The number of carbonyl (C=O) groups is 1. The molecule has 0 saturated carbocycles. The SMILES string of the molecule is CC(C)C(C)C(=O)c1cc2[nH]c(=O)[nH]c2cc1Br. The molecule has 1 aromatic carbocycles. The van der Waals surface area contributed by atoms with E-state index in [0.29, 0.717) is 21.1 Å². The molecule has 0 aliphatic carbocycles. The van der Waals surface area contributed by atoms with Gasteiger partial charge in [0.2, 0.25) is 0 Å². The molecule has 1 heterocycles. The van der Waals surface area contributed by atoms with Crippen LogP contribution in [0, 0.1) is 11.8 Å². The van der Waals surface area contributed by atoms with Gasteiger partial charge in [0.05, 0.1) is 11.0 Å². The number of nitrogens with one attached hydrogen (secondary N) is 2. The summed E-state index contributed by atoms with van der Waals surface area (Å²) in [6.07, 6.45) is 0. The Morgan fingerprint density at radius 3 is 2.28 bits per heavy atom. The molecule has 2 N–H and O–H groups in total. The molecule has 2 aromatic rings. The fraction of sp³-hybridized carbons (Fsp3) is 0.385. The van der Waals surface area contributed by atoms with Gasteiger partial charge in [0, 0.05) is 16.0 Å². The third kappa shape index (κ3) is 2.27. The average Bonchev–Trinajstić information content (AvgIpc) is 2.65. The smallest absolute Gasteiger partial charge is 0.306 e. The Balaban J connectivity index is 2.53. The van der Waals surface area contributed by atoms with Crippen LogP contribution in [-0.2, 0) is 0 Å². The third-order valence-corrected chi connectivity index (χ3v) is 3.94. The van der Waals surface area contributed by atoms with Crippen molar-refractivity contribution in [3.8, 4) is 0 Å². The predicted molar refractivity (Wildman–Crippen MR) is 75.0 cm³/mol. The highest BCUT2D eigenvalue weighted by molar-refractivity contribution is 9.10. The normalized spacial score (nSPS) is 13.2. The molecule has 2 rings (SSSR count). The van der Waals surface area contributed by atoms with Crippen molar-refractivity contribution in [1.82, 2.24) is 9.97 Å². The van der Waals surface area contributed by atoms with Gasteiger partial charge >= 0.3 is 5.69 Å². The number of fused-ring (bicyclic) bond motifs is 1. The van der Waals surface area contributed by atoms with E-state index in [-0.39, 0.29) is 23.3 Å². The number of H-pyrrole nitrogens is 2. The fourth-order valence-electron chi connectivity index (χ4n) is 1.79. The van der Waals surface area contributed by atoms with Crippen LogP contribution in [0.25, 0.3) is 11.0 Å². The number of benzene rings is 1. The van der Waals surface area contributed by atoms with Gasteiger partial charge in [-0.2, -0.15) is 0 Å². The molecule has 0 saturated heterocycles. The lowest BCUT2D eigenvalue weighted by Gasteiger charge is -2.15. The quantitative estimate of drug-likeness (QED) is 0.856. The Kier molecular flexibility index (Phi) is 3.43. The topological polar surface area (TPSA) is 65.7 Å². The summed E-state index contributed by atoms with van der Waals surface area (Å²) in [5.74, 6) is 0.315. The summed E-state index contributed by atoms with van der Waals surface area (Å²) in [6, 6.07) is 3.48. The van der Waals surface area contributed by atoms with E-state index >= 15 is 0 Å². The Labute approximate surface area is 113 Å². The van der Waals surface area contributed by atoms with Crippen molar-refractivity contribution < 1.29 is 4.79 Å². The van der Waals surface area contributed by atoms with E-state index in [2.05, 4.69) is 25.9 Å². The van der Waals surface area contributed by atoms with E-state index in [9.17, 15) is 9.59 Å². The highest BCUT2D eigenvalue weighted by Gasteiger charge is 2.21. The van der Waals surface area contributed by atoms with Gasteiger partial charge in [-0.05, 0) is 34.0 Å². The number of Topliss-reactive ketones (excluding diaryl/α,β-unsaturated/α-hetero) is 1. The van der Waals surface area contributed by atoms with Crippen molar-refractivity contribution in [3.05, 3.63) is 32.7 Å². The maximum atomic E-state index is 12.3. The molecule has 0 fully saturated rings. The Hall–Kier alpha value is -1.36. The van der Waals surface area contributed by atoms with Crippen LogP contribution in [-0.4, -0.2) is 15.8 Å². The summed E-state index contributed by atoms with van der Waals surface area (Å²) in [4.78, 5) is 28.9. The number of halogens is 1. The van der Waals surface area contributed by atoms with Crippen LogP contribution in [0.5, 0.6) is 0 Å². The molecule has 1 unspecified atom stereocenters. The highest BCUT2D eigenvalue weighted by Crippen LogP contribution is 2.26. The number of carbonyl (C=O) groups excluding carboxylic acids is 1. The Bertz CT molecular complexity index is 655. The van der Waals surface area contributed by atoms with Crippen LogP contribution in [0.4, 0.5) is 0 Å². The van der Waals surface area contributed by atoms with Crippen molar-refractivity contribution in [1.29, 1.82) is 0 Å². The number of ketones is 1. The summed E-state index contributed by atoms with van der Waals surface area (Å²) in [6.45, 7) is 5.96. The molecule has 96 valence electrons. The minimum absolute atomic E-state index is 0.0515. The van der Waals surface area contributed by atoms with Crippen molar-refractivity contribution in [2.45, 2.75) is 20.8 Å². The van der Waals surface area contributed by atoms with Crippen LogP contribution in [0.15, 0.2) is 21.4 Å². The zero-order chi connectivity index (χ0) is 13.4. The zero-order valence-electron chi connectivity index (χ0n) is 10.5. The van der Waals surface area contributed by atoms with E-state index in [4.69, 9.17) is 0 Å². The number of imidazole rings is 1. The number of rotatable bonds is 3. The first-order chi connectivity index (χ1) is 8.40. The molecule has 0 bridgehead atoms. The van der Waals surface area contributed by atoms with E-state index < -0.39 is 0 Å². The summed E-state index contributed by atoms with van der Waals surface area (Å²) in [7, 11) is 0. The van der Waals surface area contributed by atoms with E-state index in [0.717, 1.165) is 0 Å². The number of hydrogen-bond donors (Lipinski definition) is 2. The summed E-state index contributed by atoms with van der Waals surface area (Å²) in [5.41, 5.74) is 1.69. The largest absolute Gasteiger partial charge is 0.323 e. The van der Waals surface area contributed by atoms with Crippen LogP contribution < -0.4 is 5.69 Å². The molecule has 0 amide bonds. The average molecular weight is 311 g/mol. The molecule has 0 radical (unpaired) electrons. The minimum atomic E-state index is -0.265. The van der Waals surface area contributed by atoms with Gasteiger partial charge in [-0.15, -0.1) is 0 Å². The number of aromatic nitrogens is 2.